The summed E-state index contributed by atoms with van der Waals surface area (Å²) in [6, 6.07) is 7.62. The van der Waals surface area contributed by atoms with Crippen molar-refractivity contribution in [2.75, 3.05) is 0 Å². The second-order valence-corrected chi connectivity index (χ2v) is 6.70. The Hall–Kier alpha value is -1.70. The lowest BCUT2D eigenvalue weighted by Crippen LogP contribution is -2.11. The maximum atomic E-state index is 10.7. The molecule has 0 aliphatic heterocycles. The quantitative estimate of drug-likeness (QED) is 0.769. The molecule has 1 aliphatic carbocycles. The average molecular weight is 284 g/mol. The van der Waals surface area contributed by atoms with Gasteiger partial charge in [0.1, 0.15) is 11.5 Å². The van der Waals surface area contributed by atoms with Gasteiger partial charge in [0.15, 0.2) is 0 Å². The van der Waals surface area contributed by atoms with Gasteiger partial charge < -0.3 is 10.2 Å². The van der Waals surface area contributed by atoms with Crippen LogP contribution in [0, 0.1) is 5.92 Å². The topological polar surface area (TPSA) is 40.5 Å². The number of fused-ring (bicyclic) bond motifs is 2. The van der Waals surface area contributed by atoms with Crippen LogP contribution in [0.2, 0.25) is 0 Å². The van der Waals surface area contributed by atoms with Crippen LogP contribution in [-0.2, 0) is 6.42 Å². The number of hydrogen-bond donors (Lipinski definition) is 2. The molecule has 0 saturated heterocycles. The fraction of sp³-hybridized carbons (Fsp3) is 0.474. The minimum Gasteiger partial charge on any atom is -0.507 e. The van der Waals surface area contributed by atoms with Crippen molar-refractivity contribution in [1.29, 1.82) is 0 Å². The van der Waals surface area contributed by atoms with Crippen LogP contribution in [-0.4, -0.2) is 10.2 Å². The normalized spacial score (nSPS) is 18.1. The van der Waals surface area contributed by atoms with Gasteiger partial charge in [0.05, 0.1) is 0 Å². The van der Waals surface area contributed by atoms with Crippen molar-refractivity contribution in [3.8, 4) is 11.5 Å². The van der Waals surface area contributed by atoms with E-state index in [2.05, 4.69) is 13.8 Å². The summed E-state index contributed by atoms with van der Waals surface area (Å²) < 4.78 is 0. The number of phenols is 2. The van der Waals surface area contributed by atoms with Crippen LogP contribution >= 0.6 is 0 Å². The fourth-order valence-corrected chi connectivity index (χ4v) is 3.66. The second-order valence-electron chi connectivity index (χ2n) is 6.70. The highest BCUT2D eigenvalue weighted by Crippen LogP contribution is 2.48. The van der Waals surface area contributed by atoms with Gasteiger partial charge in [0.2, 0.25) is 0 Å². The molecule has 0 bridgehead atoms. The maximum Gasteiger partial charge on any atom is 0.127 e. The first-order chi connectivity index (χ1) is 10.1. The first-order valence-corrected chi connectivity index (χ1v) is 8.05. The van der Waals surface area contributed by atoms with Crippen LogP contribution in [0.1, 0.15) is 56.6 Å². The summed E-state index contributed by atoms with van der Waals surface area (Å²) in [6.45, 7) is 4.48. The van der Waals surface area contributed by atoms with Crippen molar-refractivity contribution in [3.63, 3.8) is 0 Å². The summed E-state index contributed by atoms with van der Waals surface area (Å²) in [5.74, 6) is 1.83. The Morgan fingerprint density at radius 2 is 1.76 bits per heavy atom. The molecule has 1 unspecified atom stereocenters. The predicted octanol–water partition coefficient (Wildman–Crippen LogP) is 5.11. The summed E-state index contributed by atoms with van der Waals surface area (Å²) in [5.41, 5.74) is 1.99. The van der Waals surface area contributed by atoms with E-state index in [1.165, 1.54) is 0 Å². The van der Waals surface area contributed by atoms with Crippen LogP contribution in [0.25, 0.3) is 10.8 Å². The summed E-state index contributed by atoms with van der Waals surface area (Å²) >= 11 is 0. The molecule has 1 aliphatic rings. The van der Waals surface area contributed by atoms with Gasteiger partial charge in [-0.25, -0.2) is 0 Å². The Balaban J connectivity index is 2.13. The fourth-order valence-electron chi connectivity index (χ4n) is 3.66. The Morgan fingerprint density at radius 3 is 2.43 bits per heavy atom. The molecule has 0 radical (unpaired) electrons. The lowest BCUT2D eigenvalue weighted by molar-refractivity contribution is 0.409. The van der Waals surface area contributed by atoms with Crippen molar-refractivity contribution >= 4 is 10.8 Å². The van der Waals surface area contributed by atoms with Gasteiger partial charge in [-0.1, -0.05) is 44.5 Å². The minimum atomic E-state index is 0.381. The van der Waals surface area contributed by atoms with E-state index < -0.39 is 0 Å². The van der Waals surface area contributed by atoms with Crippen LogP contribution < -0.4 is 0 Å². The number of hydrogen-bond acceptors (Lipinski definition) is 2. The van der Waals surface area contributed by atoms with E-state index in [0.717, 1.165) is 54.0 Å². The molecule has 0 aromatic heterocycles. The van der Waals surface area contributed by atoms with Crippen LogP contribution in [0.4, 0.5) is 0 Å². The number of rotatable bonds is 3. The van der Waals surface area contributed by atoms with Crippen molar-refractivity contribution in [1.82, 2.24) is 0 Å². The maximum absolute atomic E-state index is 10.7. The van der Waals surface area contributed by atoms with Crippen LogP contribution in [0.15, 0.2) is 24.3 Å². The molecule has 0 fully saturated rings. The Morgan fingerprint density at radius 1 is 1.10 bits per heavy atom. The van der Waals surface area contributed by atoms with Gasteiger partial charge in [0.25, 0.3) is 0 Å². The lowest BCUT2D eigenvalue weighted by Gasteiger charge is -2.28. The molecule has 0 heterocycles. The van der Waals surface area contributed by atoms with Crippen molar-refractivity contribution in [3.05, 3.63) is 35.4 Å². The molecule has 0 amide bonds. The van der Waals surface area contributed by atoms with E-state index in [4.69, 9.17) is 0 Å². The largest absolute Gasteiger partial charge is 0.507 e. The summed E-state index contributed by atoms with van der Waals surface area (Å²) in [4.78, 5) is 0. The predicted molar refractivity (Wildman–Crippen MR) is 87.0 cm³/mol. The van der Waals surface area contributed by atoms with Gasteiger partial charge >= 0.3 is 0 Å². The number of phenolic OH excluding ortho intramolecular Hbond substituents is 2. The van der Waals surface area contributed by atoms with Gasteiger partial charge in [0, 0.05) is 21.9 Å². The van der Waals surface area contributed by atoms with Gasteiger partial charge in [-0.3, -0.25) is 0 Å². The van der Waals surface area contributed by atoms with E-state index in [0.29, 0.717) is 23.3 Å². The molecular formula is C19H24O2. The SMILES string of the molecule is CC(C)CCC1CCCc2c1c(O)c1ccccc1c2O. The minimum absolute atomic E-state index is 0.381. The summed E-state index contributed by atoms with van der Waals surface area (Å²) in [7, 11) is 0. The van der Waals surface area contributed by atoms with Gasteiger partial charge in [-0.05, 0) is 37.5 Å². The third-order valence-electron chi connectivity index (χ3n) is 4.78. The first-order valence-electron chi connectivity index (χ1n) is 8.05. The van der Waals surface area contributed by atoms with Crippen LogP contribution in [0.5, 0.6) is 11.5 Å². The zero-order valence-corrected chi connectivity index (χ0v) is 12.9. The van der Waals surface area contributed by atoms with E-state index in [1.54, 1.807) is 0 Å². The highest BCUT2D eigenvalue weighted by molar-refractivity contribution is 5.95. The monoisotopic (exact) mass is 284 g/mol. The summed E-state index contributed by atoms with van der Waals surface area (Å²) in [6.07, 6.45) is 5.34. The first kappa shape index (κ1) is 14.2. The molecule has 2 nitrogen and oxygen atoms in total. The smallest absolute Gasteiger partial charge is 0.127 e. The molecular weight excluding hydrogens is 260 g/mol. The molecule has 21 heavy (non-hydrogen) atoms. The molecule has 112 valence electrons. The Labute approximate surface area is 126 Å². The highest BCUT2D eigenvalue weighted by Gasteiger charge is 2.28. The van der Waals surface area contributed by atoms with Crippen molar-refractivity contribution in [2.24, 2.45) is 5.92 Å². The van der Waals surface area contributed by atoms with E-state index in [9.17, 15) is 10.2 Å². The zero-order valence-electron chi connectivity index (χ0n) is 12.9. The molecule has 0 spiro atoms. The van der Waals surface area contributed by atoms with E-state index in [-0.39, 0.29) is 0 Å². The third-order valence-corrected chi connectivity index (χ3v) is 4.78. The zero-order chi connectivity index (χ0) is 15.0. The van der Waals surface area contributed by atoms with E-state index in [1.807, 2.05) is 24.3 Å². The average Bonchev–Trinajstić information content (AvgIpc) is 2.50. The molecule has 3 rings (SSSR count). The molecule has 2 aromatic rings. The molecule has 2 heteroatoms. The van der Waals surface area contributed by atoms with Crippen molar-refractivity contribution in [2.45, 2.75) is 51.9 Å². The summed E-state index contributed by atoms with van der Waals surface area (Å²) in [5, 5.41) is 22.9. The van der Waals surface area contributed by atoms with Crippen LogP contribution in [0.3, 0.4) is 0 Å². The van der Waals surface area contributed by atoms with E-state index >= 15 is 0 Å². The second kappa shape index (κ2) is 5.59. The van der Waals surface area contributed by atoms with Crippen molar-refractivity contribution < 1.29 is 10.2 Å². The van der Waals surface area contributed by atoms with Gasteiger partial charge in [-0.15, -0.1) is 0 Å². The molecule has 2 aromatic carbocycles. The Kier molecular flexibility index (Phi) is 3.79. The van der Waals surface area contributed by atoms with Gasteiger partial charge in [-0.2, -0.15) is 0 Å². The Bertz CT molecular complexity index is 658. The highest BCUT2D eigenvalue weighted by atomic mass is 16.3. The lowest BCUT2D eigenvalue weighted by atomic mass is 9.77. The number of aromatic hydroxyl groups is 2. The number of benzene rings is 2. The molecule has 0 saturated carbocycles. The standard InChI is InChI=1S/C19H24O2/c1-12(2)10-11-13-6-5-9-16-17(13)19(21)15-8-4-3-7-14(15)18(16)20/h3-4,7-8,12-13,20-21H,5-6,9-11H2,1-2H3. The molecule has 2 N–H and O–H groups in total. The third kappa shape index (κ3) is 2.48. The molecule has 1 atom stereocenters.